The lowest BCUT2D eigenvalue weighted by Crippen LogP contribution is -2.33. The fourth-order valence-electron chi connectivity index (χ4n) is 5.83. The maximum Gasteiger partial charge on any atom is 0.130 e. The summed E-state index contributed by atoms with van der Waals surface area (Å²) < 4.78 is 12.4. The molecular weight excluding hydrogens is 468 g/mol. The zero-order chi connectivity index (χ0) is 26.7. The topological polar surface area (TPSA) is 70.5 Å². The monoisotopic (exact) mass is 506 g/mol. The van der Waals surface area contributed by atoms with Crippen LogP contribution < -0.4 is 20.9 Å². The van der Waals surface area contributed by atoms with Crippen LogP contribution in [0.4, 0.5) is 11.4 Å². The molecule has 0 bridgehead atoms. The van der Waals surface area contributed by atoms with Crippen molar-refractivity contribution in [1.82, 2.24) is 0 Å². The third-order valence-corrected chi connectivity index (χ3v) is 8.20. The fourth-order valence-corrected chi connectivity index (χ4v) is 5.83. The normalized spacial score (nSPS) is 15.2. The van der Waals surface area contributed by atoms with Gasteiger partial charge in [-0.15, -0.1) is 0 Å². The van der Waals surface area contributed by atoms with E-state index in [0.29, 0.717) is 0 Å². The minimum Gasteiger partial charge on any atom is -0.457 e. The van der Waals surface area contributed by atoms with Gasteiger partial charge in [0, 0.05) is 16.8 Å². The van der Waals surface area contributed by atoms with Crippen molar-refractivity contribution in [1.29, 1.82) is 0 Å². The molecule has 38 heavy (non-hydrogen) atoms. The predicted molar refractivity (Wildman–Crippen MR) is 157 cm³/mol. The molecule has 5 rings (SSSR count). The van der Waals surface area contributed by atoms with Gasteiger partial charge in [0.25, 0.3) is 0 Å². The molecule has 196 valence electrons. The van der Waals surface area contributed by atoms with Gasteiger partial charge in [0.05, 0.1) is 0 Å². The molecule has 0 unspecified atom stereocenters. The first kappa shape index (κ1) is 25.7. The average Bonchev–Trinajstić information content (AvgIpc) is 2.93. The van der Waals surface area contributed by atoms with E-state index in [-0.39, 0.29) is 5.41 Å². The van der Waals surface area contributed by atoms with E-state index < -0.39 is 0 Å². The lowest BCUT2D eigenvalue weighted by molar-refractivity contribution is 0.260. The zero-order valence-corrected chi connectivity index (χ0v) is 22.7. The fraction of sp³-hybridized carbons (Fsp3) is 0.294. The minimum atomic E-state index is -0.0169. The highest BCUT2D eigenvalue weighted by molar-refractivity contribution is 5.51. The number of hydrogen-bond donors (Lipinski definition) is 2. The molecule has 1 aliphatic carbocycles. The van der Waals surface area contributed by atoms with Gasteiger partial charge < -0.3 is 20.9 Å². The molecule has 0 atom stereocenters. The zero-order valence-electron chi connectivity index (χ0n) is 22.7. The van der Waals surface area contributed by atoms with Gasteiger partial charge >= 0.3 is 0 Å². The van der Waals surface area contributed by atoms with Crippen LogP contribution in [-0.4, -0.2) is 0 Å². The Morgan fingerprint density at radius 2 is 1.08 bits per heavy atom. The van der Waals surface area contributed by atoms with E-state index >= 15 is 0 Å². The molecule has 0 amide bonds. The standard InChI is InChI=1S/C34H38N2O2/c1-4-25-17-19-34(20-18-25,26-5-11-30(12-6-26)37-32-15-9-28(35)21-23(32)2)27-7-13-31(14-8-27)38-33-16-10-29(36)22-24(33)3/h5-16,21-22,25H,4,17-20,35-36H2,1-3H3. The Kier molecular flexibility index (Phi) is 7.33. The molecule has 0 aromatic heterocycles. The molecular formula is C34H38N2O2. The number of nitrogen functional groups attached to an aromatic ring is 2. The number of rotatable bonds is 7. The first-order valence-electron chi connectivity index (χ1n) is 13.7. The molecule has 1 saturated carbocycles. The summed E-state index contributed by atoms with van der Waals surface area (Å²) in [5.41, 5.74) is 18.0. The van der Waals surface area contributed by atoms with Crippen molar-refractivity contribution in [2.45, 2.75) is 58.3 Å². The number of ether oxygens (including phenoxy) is 2. The second-order valence-corrected chi connectivity index (χ2v) is 10.7. The predicted octanol–water partition coefficient (Wildman–Crippen LogP) is 8.94. The van der Waals surface area contributed by atoms with Gasteiger partial charge in [-0.1, -0.05) is 37.6 Å². The third kappa shape index (κ3) is 5.35. The summed E-state index contributed by atoms with van der Waals surface area (Å²) in [5, 5.41) is 0. The first-order valence-corrected chi connectivity index (χ1v) is 13.7. The Morgan fingerprint density at radius 3 is 1.45 bits per heavy atom. The molecule has 4 aromatic rings. The summed E-state index contributed by atoms with van der Waals surface area (Å²) in [6, 6.07) is 28.9. The molecule has 0 aliphatic heterocycles. The van der Waals surface area contributed by atoms with Gasteiger partial charge in [-0.25, -0.2) is 0 Å². The Balaban J connectivity index is 1.41. The van der Waals surface area contributed by atoms with Crippen LogP contribution in [0.3, 0.4) is 0 Å². The van der Waals surface area contributed by atoms with Crippen LogP contribution in [0.25, 0.3) is 0 Å². The smallest absolute Gasteiger partial charge is 0.130 e. The summed E-state index contributed by atoms with van der Waals surface area (Å²) in [7, 11) is 0. The maximum atomic E-state index is 6.19. The van der Waals surface area contributed by atoms with Crippen LogP contribution in [0.15, 0.2) is 84.9 Å². The highest BCUT2D eigenvalue weighted by Crippen LogP contribution is 2.48. The van der Waals surface area contributed by atoms with Gasteiger partial charge in [0.2, 0.25) is 0 Å². The molecule has 0 saturated heterocycles. The number of benzene rings is 4. The maximum absolute atomic E-state index is 6.19. The summed E-state index contributed by atoms with van der Waals surface area (Å²) in [6.45, 7) is 6.35. The molecule has 4 heteroatoms. The number of hydrogen-bond acceptors (Lipinski definition) is 4. The largest absolute Gasteiger partial charge is 0.457 e. The van der Waals surface area contributed by atoms with Crippen LogP contribution >= 0.6 is 0 Å². The molecule has 4 aromatic carbocycles. The molecule has 1 aliphatic rings. The van der Waals surface area contributed by atoms with E-state index in [4.69, 9.17) is 20.9 Å². The van der Waals surface area contributed by atoms with E-state index in [9.17, 15) is 0 Å². The van der Waals surface area contributed by atoms with Crippen LogP contribution in [0, 0.1) is 19.8 Å². The molecule has 1 fully saturated rings. The van der Waals surface area contributed by atoms with Crippen molar-refractivity contribution in [3.8, 4) is 23.0 Å². The van der Waals surface area contributed by atoms with Gasteiger partial charge in [-0.3, -0.25) is 0 Å². The summed E-state index contributed by atoms with van der Waals surface area (Å²) in [6.07, 6.45) is 6.00. The van der Waals surface area contributed by atoms with E-state index in [1.165, 1.54) is 30.4 Å². The molecule has 0 heterocycles. The average molecular weight is 507 g/mol. The quantitative estimate of drug-likeness (QED) is 0.245. The van der Waals surface area contributed by atoms with E-state index in [1.54, 1.807) is 0 Å². The van der Waals surface area contributed by atoms with Crippen molar-refractivity contribution < 1.29 is 9.47 Å². The Morgan fingerprint density at radius 1 is 0.658 bits per heavy atom. The van der Waals surface area contributed by atoms with Crippen LogP contribution in [-0.2, 0) is 5.41 Å². The number of aryl methyl sites for hydroxylation is 2. The second-order valence-electron chi connectivity index (χ2n) is 10.7. The first-order chi connectivity index (χ1) is 18.4. The van der Waals surface area contributed by atoms with Crippen LogP contribution in [0.5, 0.6) is 23.0 Å². The minimum absolute atomic E-state index is 0.0169. The number of anilines is 2. The van der Waals surface area contributed by atoms with E-state index in [0.717, 1.165) is 64.3 Å². The van der Waals surface area contributed by atoms with Crippen molar-refractivity contribution in [2.75, 3.05) is 11.5 Å². The van der Waals surface area contributed by atoms with Crippen LogP contribution in [0.1, 0.15) is 61.3 Å². The van der Waals surface area contributed by atoms with Gasteiger partial charge in [0.15, 0.2) is 0 Å². The van der Waals surface area contributed by atoms with Gasteiger partial charge in [0.1, 0.15) is 23.0 Å². The summed E-state index contributed by atoms with van der Waals surface area (Å²) in [5.74, 6) is 4.13. The molecule has 4 N–H and O–H groups in total. The van der Waals surface area contributed by atoms with Crippen molar-refractivity contribution in [2.24, 2.45) is 5.92 Å². The summed E-state index contributed by atoms with van der Waals surface area (Å²) >= 11 is 0. The lowest BCUT2D eigenvalue weighted by atomic mass is 9.63. The lowest BCUT2D eigenvalue weighted by Gasteiger charge is -2.41. The number of nitrogens with two attached hydrogens (primary N) is 2. The Bertz CT molecular complexity index is 1290. The van der Waals surface area contributed by atoms with Crippen LogP contribution in [0.2, 0.25) is 0 Å². The van der Waals surface area contributed by atoms with Crippen molar-refractivity contribution >= 4 is 11.4 Å². The SMILES string of the molecule is CCC1CCC(c2ccc(Oc3ccc(N)cc3C)cc2)(c2ccc(Oc3ccc(N)cc3C)cc2)CC1. The third-order valence-electron chi connectivity index (χ3n) is 8.20. The highest BCUT2D eigenvalue weighted by Gasteiger charge is 2.38. The van der Waals surface area contributed by atoms with E-state index in [1.807, 2.05) is 50.2 Å². The van der Waals surface area contributed by atoms with E-state index in [2.05, 4.69) is 55.5 Å². The van der Waals surface area contributed by atoms with Crippen molar-refractivity contribution in [3.05, 3.63) is 107 Å². The molecule has 0 radical (unpaired) electrons. The van der Waals surface area contributed by atoms with Gasteiger partial charge in [-0.2, -0.15) is 0 Å². The van der Waals surface area contributed by atoms with Crippen molar-refractivity contribution in [3.63, 3.8) is 0 Å². The van der Waals surface area contributed by atoms with Gasteiger partial charge in [-0.05, 0) is 128 Å². The Hall–Kier alpha value is -3.92. The summed E-state index contributed by atoms with van der Waals surface area (Å²) in [4.78, 5) is 0. The molecule has 0 spiro atoms. The Labute approximate surface area is 226 Å². The highest BCUT2D eigenvalue weighted by atomic mass is 16.5. The molecule has 4 nitrogen and oxygen atoms in total. The second kappa shape index (κ2) is 10.8.